The molecule has 0 aliphatic carbocycles. The van der Waals surface area contributed by atoms with E-state index in [-0.39, 0.29) is 0 Å². The Morgan fingerprint density at radius 2 is 0.826 bits per heavy atom. The molecule has 0 amide bonds. The maximum Gasteiger partial charge on any atom is 0.0627 e. The molecule has 2 heterocycles. The Bertz CT molecular complexity index is 2800. The van der Waals surface area contributed by atoms with E-state index in [2.05, 4.69) is 179 Å². The van der Waals surface area contributed by atoms with E-state index in [0.29, 0.717) is 0 Å². The van der Waals surface area contributed by atoms with Gasteiger partial charge in [0.25, 0.3) is 0 Å². The first-order chi connectivity index (χ1) is 22.8. The van der Waals surface area contributed by atoms with Gasteiger partial charge in [-0.25, -0.2) is 0 Å². The van der Waals surface area contributed by atoms with Gasteiger partial charge in [-0.1, -0.05) is 127 Å². The predicted octanol–water partition coefficient (Wildman–Crippen LogP) is 11.9. The van der Waals surface area contributed by atoms with Crippen molar-refractivity contribution in [1.29, 1.82) is 0 Å². The average molecular weight is 585 g/mol. The predicted molar refractivity (Wildman–Crippen MR) is 196 cm³/mol. The first kappa shape index (κ1) is 25.2. The van der Waals surface area contributed by atoms with Gasteiger partial charge in [0.1, 0.15) is 0 Å². The van der Waals surface area contributed by atoms with E-state index < -0.39 is 0 Å². The van der Waals surface area contributed by atoms with E-state index in [1.807, 2.05) is 0 Å². The van der Waals surface area contributed by atoms with E-state index in [1.165, 1.54) is 87.7 Å². The van der Waals surface area contributed by atoms with Gasteiger partial charge in [0.2, 0.25) is 0 Å². The standard InChI is InChI=1S/C44H28N2/c1-2-14-31(15-3-1)38-28-41-42(36-18-8-10-20-39(36)45(41)34-24-22-29-12-4-6-16-32(29)26-34)43-37-19-9-11-21-40(37)46(44(38)43)35-25-23-30-13-5-7-17-33(30)27-35/h1-28H. The van der Waals surface area contributed by atoms with Crippen LogP contribution in [-0.2, 0) is 0 Å². The van der Waals surface area contributed by atoms with E-state index >= 15 is 0 Å². The molecule has 46 heavy (non-hydrogen) atoms. The van der Waals surface area contributed by atoms with Crippen molar-refractivity contribution in [1.82, 2.24) is 9.13 Å². The van der Waals surface area contributed by atoms with Crippen LogP contribution < -0.4 is 0 Å². The SMILES string of the molecule is c1ccc(-c2cc3c(c4ccccc4n3-c3ccc4ccccc4c3)c3c4ccccc4n(-c4ccc5ccccc5c4)c23)cc1. The lowest BCUT2D eigenvalue weighted by Crippen LogP contribution is -1.97. The van der Waals surface area contributed by atoms with Gasteiger partial charge < -0.3 is 9.13 Å². The summed E-state index contributed by atoms with van der Waals surface area (Å²) in [5.41, 5.74) is 9.62. The van der Waals surface area contributed by atoms with Crippen molar-refractivity contribution in [2.75, 3.05) is 0 Å². The molecule has 2 aromatic heterocycles. The molecule has 0 bridgehead atoms. The highest BCUT2D eigenvalue weighted by atomic mass is 15.0. The first-order valence-electron chi connectivity index (χ1n) is 15.9. The molecule has 0 spiro atoms. The Labute approximate surface area is 266 Å². The smallest absolute Gasteiger partial charge is 0.0627 e. The van der Waals surface area contributed by atoms with Crippen LogP contribution in [0.5, 0.6) is 0 Å². The van der Waals surface area contributed by atoms with Gasteiger partial charge in [-0.15, -0.1) is 0 Å². The Morgan fingerprint density at radius 1 is 0.326 bits per heavy atom. The number of hydrogen-bond donors (Lipinski definition) is 0. The summed E-state index contributed by atoms with van der Waals surface area (Å²) < 4.78 is 4.95. The quantitative estimate of drug-likeness (QED) is 0.195. The second-order valence-electron chi connectivity index (χ2n) is 12.2. The maximum absolute atomic E-state index is 2.49. The highest BCUT2D eigenvalue weighted by Crippen LogP contribution is 2.46. The molecular formula is C44H28N2. The van der Waals surface area contributed by atoms with Crippen LogP contribution >= 0.6 is 0 Å². The van der Waals surface area contributed by atoms with Crippen molar-refractivity contribution in [2.24, 2.45) is 0 Å². The van der Waals surface area contributed by atoms with Crippen LogP contribution in [0.15, 0.2) is 170 Å². The molecule has 0 unspecified atom stereocenters. The minimum Gasteiger partial charge on any atom is -0.309 e. The van der Waals surface area contributed by atoms with Crippen molar-refractivity contribution in [2.45, 2.75) is 0 Å². The lowest BCUT2D eigenvalue weighted by molar-refractivity contribution is 1.18. The minimum absolute atomic E-state index is 1.17. The normalized spacial score (nSPS) is 11.9. The van der Waals surface area contributed by atoms with E-state index in [1.54, 1.807) is 0 Å². The van der Waals surface area contributed by atoms with Crippen LogP contribution in [0.4, 0.5) is 0 Å². The van der Waals surface area contributed by atoms with Crippen molar-refractivity contribution in [3.8, 4) is 22.5 Å². The summed E-state index contributed by atoms with van der Waals surface area (Å²) in [5.74, 6) is 0. The Morgan fingerprint density at radius 3 is 1.48 bits per heavy atom. The summed E-state index contributed by atoms with van der Waals surface area (Å²) in [6.07, 6.45) is 0. The van der Waals surface area contributed by atoms with Gasteiger partial charge in [0, 0.05) is 38.5 Å². The summed E-state index contributed by atoms with van der Waals surface area (Å²) in [5, 5.41) is 10.1. The molecule has 0 radical (unpaired) electrons. The Kier molecular flexibility index (Phi) is 5.31. The molecule has 0 N–H and O–H groups in total. The molecule has 0 aliphatic rings. The molecular weight excluding hydrogens is 556 g/mol. The van der Waals surface area contributed by atoms with Gasteiger partial charge in [-0.05, 0) is 69.6 Å². The summed E-state index contributed by atoms with van der Waals surface area (Å²) in [6.45, 7) is 0. The molecule has 8 aromatic carbocycles. The van der Waals surface area contributed by atoms with Crippen LogP contribution in [0.1, 0.15) is 0 Å². The molecule has 0 saturated carbocycles. The summed E-state index contributed by atoms with van der Waals surface area (Å²) in [4.78, 5) is 0. The number of benzene rings is 8. The number of nitrogens with zero attached hydrogens (tertiary/aromatic N) is 2. The monoisotopic (exact) mass is 584 g/mol. The van der Waals surface area contributed by atoms with E-state index in [0.717, 1.165) is 0 Å². The van der Waals surface area contributed by atoms with Crippen molar-refractivity contribution >= 4 is 65.2 Å². The van der Waals surface area contributed by atoms with Crippen LogP contribution in [0.3, 0.4) is 0 Å². The third-order valence-electron chi connectivity index (χ3n) is 9.64. The van der Waals surface area contributed by atoms with E-state index in [9.17, 15) is 0 Å². The Balaban J connectivity index is 1.43. The topological polar surface area (TPSA) is 9.86 Å². The molecule has 2 heteroatoms. The number of para-hydroxylation sites is 2. The molecule has 10 rings (SSSR count). The fraction of sp³-hybridized carbons (Fsp3) is 0. The lowest BCUT2D eigenvalue weighted by atomic mass is 9.97. The molecule has 0 atom stereocenters. The third kappa shape index (κ3) is 3.59. The largest absolute Gasteiger partial charge is 0.309 e. The highest BCUT2D eigenvalue weighted by Gasteiger charge is 2.24. The van der Waals surface area contributed by atoms with Crippen LogP contribution in [0.25, 0.3) is 87.7 Å². The number of rotatable bonds is 3. The minimum atomic E-state index is 1.17. The molecule has 0 aliphatic heterocycles. The summed E-state index contributed by atoms with van der Waals surface area (Å²) in [6, 6.07) is 62.0. The molecule has 0 saturated heterocycles. The fourth-order valence-corrected chi connectivity index (χ4v) is 7.63. The number of hydrogen-bond acceptors (Lipinski definition) is 0. The summed E-state index contributed by atoms with van der Waals surface area (Å²) in [7, 11) is 0. The van der Waals surface area contributed by atoms with Crippen LogP contribution in [-0.4, -0.2) is 9.13 Å². The molecule has 0 fully saturated rings. The average Bonchev–Trinajstić information content (AvgIpc) is 3.64. The second-order valence-corrected chi connectivity index (χ2v) is 12.2. The zero-order valence-corrected chi connectivity index (χ0v) is 25.1. The number of aromatic nitrogens is 2. The van der Waals surface area contributed by atoms with Crippen molar-refractivity contribution in [3.05, 3.63) is 170 Å². The van der Waals surface area contributed by atoms with Gasteiger partial charge in [0.15, 0.2) is 0 Å². The highest BCUT2D eigenvalue weighted by molar-refractivity contribution is 6.31. The fourth-order valence-electron chi connectivity index (χ4n) is 7.63. The van der Waals surface area contributed by atoms with Crippen LogP contribution in [0, 0.1) is 0 Å². The number of fused-ring (bicyclic) bond motifs is 9. The first-order valence-corrected chi connectivity index (χ1v) is 15.9. The molecule has 214 valence electrons. The zero-order valence-electron chi connectivity index (χ0n) is 25.1. The van der Waals surface area contributed by atoms with Crippen molar-refractivity contribution < 1.29 is 0 Å². The van der Waals surface area contributed by atoms with E-state index in [4.69, 9.17) is 0 Å². The van der Waals surface area contributed by atoms with Gasteiger partial charge in [-0.3, -0.25) is 0 Å². The molecule has 2 nitrogen and oxygen atoms in total. The Hall–Kier alpha value is -6.12. The van der Waals surface area contributed by atoms with Gasteiger partial charge in [-0.2, -0.15) is 0 Å². The second kappa shape index (κ2) is 9.69. The van der Waals surface area contributed by atoms with Crippen molar-refractivity contribution in [3.63, 3.8) is 0 Å². The van der Waals surface area contributed by atoms with Gasteiger partial charge in [0.05, 0.1) is 22.1 Å². The zero-order chi connectivity index (χ0) is 30.2. The molecule has 10 aromatic rings. The maximum atomic E-state index is 2.49. The third-order valence-corrected chi connectivity index (χ3v) is 9.64. The lowest BCUT2D eigenvalue weighted by Gasteiger charge is -2.15. The van der Waals surface area contributed by atoms with Crippen LogP contribution in [0.2, 0.25) is 0 Å². The summed E-state index contributed by atoms with van der Waals surface area (Å²) >= 11 is 0. The van der Waals surface area contributed by atoms with Gasteiger partial charge >= 0.3 is 0 Å².